The summed E-state index contributed by atoms with van der Waals surface area (Å²) in [7, 11) is 3.50. The van der Waals surface area contributed by atoms with E-state index in [9.17, 15) is 4.79 Å². The smallest absolute Gasteiger partial charge is 0.243 e. The highest BCUT2D eigenvalue weighted by Crippen LogP contribution is 2.33. The topological polar surface area (TPSA) is 66.0 Å². The lowest BCUT2D eigenvalue weighted by Crippen LogP contribution is -2.48. The van der Waals surface area contributed by atoms with Gasteiger partial charge in [-0.3, -0.25) is 4.79 Å². The maximum Gasteiger partial charge on any atom is 0.243 e. The van der Waals surface area contributed by atoms with Gasteiger partial charge in [0.15, 0.2) is 5.96 Å². The number of nitrogens with one attached hydrogen (secondary N) is 2. The van der Waals surface area contributed by atoms with Crippen LogP contribution >= 0.6 is 24.0 Å². The van der Waals surface area contributed by atoms with Crippen molar-refractivity contribution in [3.63, 3.8) is 0 Å². The van der Waals surface area contributed by atoms with E-state index < -0.39 is 0 Å². The van der Waals surface area contributed by atoms with Gasteiger partial charge in [0.2, 0.25) is 5.91 Å². The van der Waals surface area contributed by atoms with Crippen LogP contribution in [0.4, 0.5) is 0 Å². The Bertz CT molecular complexity index is 447. The van der Waals surface area contributed by atoms with Crippen LogP contribution in [0.25, 0.3) is 0 Å². The summed E-state index contributed by atoms with van der Waals surface area (Å²) in [6.45, 7) is 13.6. The van der Waals surface area contributed by atoms with Gasteiger partial charge in [-0.25, -0.2) is 4.99 Å². The molecule has 0 saturated carbocycles. The van der Waals surface area contributed by atoms with Gasteiger partial charge in [-0.15, -0.1) is 24.0 Å². The number of rotatable bonds is 6. The summed E-state index contributed by atoms with van der Waals surface area (Å²) in [6.07, 6.45) is 2.50. The quantitative estimate of drug-likeness (QED) is 0.347. The summed E-state index contributed by atoms with van der Waals surface area (Å²) < 4.78 is 6.05. The van der Waals surface area contributed by atoms with Gasteiger partial charge in [-0.1, -0.05) is 34.6 Å². The highest BCUT2D eigenvalue weighted by Gasteiger charge is 2.35. The second-order valence-corrected chi connectivity index (χ2v) is 8.67. The van der Waals surface area contributed by atoms with Gasteiger partial charge in [0, 0.05) is 39.7 Å². The summed E-state index contributed by atoms with van der Waals surface area (Å²) in [5, 5.41) is 6.76. The molecule has 0 spiro atoms. The van der Waals surface area contributed by atoms with Crippen LogP contribution in [0.1, 0.15) is 47.5 Å². The first-order valence-electron chi connectivity index (χ1n) is 9.45. The monoisotopic (exact) mass is 482 g/mol. The number of guanidine groups is 1. The molecule has 0 aliphatic carbocycles. The van der Waals surface area contributed by atoms with Gasteiger partial charge in [-0.2, -0.15) is 0 Å². The van der Waals surface area contributed by atoms with Crippen molar-refractivity contribution < 1.29 is 9.53 Å². The Morgan fingerprint density at radius 2 is 1.92 bits per heavy atom. The first kappa shape index (κ1) is 25.4. The number of likely N-dealkylation sites (N-methyl/N-ethyl adjacent to an activating group) is 1. The van der Waals surface area contributed by atoms with Crippen molar-refractivity contribution in [2.45, 2.75) is 53.6 Å². The fourth-order valence-electron chi connectivity index (χ4n) is 3.00. The number of hydrogen-bond acceptors (Lipinski definition) is 3. The molecule has 0 bridgehead atoms. The minimum absolute atomic E-state index is 0. The van der Waals surface area contributed by atoms with Gasteiger partial charge < -0.3 is 20.3 Å². The second kappa shape index (κ2) is 12.0. The Morgan fingerprint density at radius 1 is 1.27 bits per heavy atom. The molecule has 0 aromatic heterocycles. The number of halogens is 1. The van der Waals surface area contributed by atoms with Crippen LogP contribution in [0.15, 0.2) is 4.99 Å². The normalized spacial score (nSPS) is 21.2. The Kier molecular flexibility index (Phi) is 11.7. The number of hydrogen-bond donors (Lipinski definition) is 2. The van der Waals surface area contributed by atoms with Crippen LogP contribution in [0.2, 0.25) is 0 Å². The molecule has 1 amide bonds. The first-order chi connectivity index (χ1) is 11.6. The number of amides is 1. The predicted octanol–water partition coefficient (Wildman–Crippen LogP) is 2.73. The van der Waals surface area contributed by atoms with Crippen LogP contribution in [-0.2, 0) is 9.53 Å². The predicted molar refractivity (Wildman–Crippen MR) is 119 cm³/mol. The van der Waals surface area contributed by atoms with Crippen LogP contribution in [0.3, 0.4) is 0 Å². The Labute approximate surface area is 176 Å². The van der Waals surface area contributed by atoms with E-state index in [-0.39, 0.29) is 47.9 Å². The molecule has 7 heteroatoms. The summed E-state index contributed by atoms with van der Waals surface area (Å²) >= 11 is 0. The van der Waals surface area contributed by atoms with Gasteiger partial charge in [0.05, 0.1) is 6.10 Å². The molecule has 1 aliphatic rings. The van der Waals surface area contributed by atoms with Crippen molar-refractivity contribution in [1.29, 1.82) is 0 Å². The lowest BCUT2D eigenvalue weighted by atomic mass is 9.78. The van der Waals surface area contributed by atoms with Gasteiger partial charge in [0.25, 0.3) is 0 Å². The van der Waals surface area contributed by atoms with Crippen LogP contribution in [0.5, 0.6) is 0 Å². The molecule has 26 heavy (non-hydrogen) atoms. The fraction of sp³-hybridized carbons (Fsp3) is 0.895. The molecular formula is C19H39IN4O2. The summed E-state index contributed by atoms with van der Waals surface area (Å²) in [5.41, 5.74) is 0.121. The van der Waals surface area contributed by atoms with Crippen LogP contribution in [-0.4, -0.2) is 63.2 Å². The van der Waals surface area contributed by atoms with E-state index in [1.54, 1.807) is 19.0 Å². The molecule has 1 aliphatic heterocycles. The third-order valence-electron chi connectivity index (χ3n) is 4.38. The average Bonchev–Trinajstić information content (AvgIpc) is 2.52. The molecule has 1 fully saturated rings. The molecule has 2 atom stereocenters. The summed E-state index contributed by atoms with van der Waals surface area (Å²) in [5.74, 6) is 1.67. The number of carbonyl (C=O) groups is 1. The third-order valence-corrected chi connectivity index (χ3v) is 4.38. The maximum absolute atomic E-state index is 11.8. The van der Waals surface area contributed by atoms with Crippen molar-refractivity contribution in [3.05, 3.63) is 0 Å². The lowest BCUT2D eigenvalue weighted by Gasteiger charge is -2.40. The Hall–Kier alpha value is -0.570. The minimum Gasteiger partial charge on any atom is -0.377 e. The van der Waals surface area contributed by atoms with E-state index in [4.69, 9.17) is 4.74 Å². The number of aliphatic imine (C=N–C) groups is 1. The molecule has 0 aromatic carbocycles. The van der Waals surface area contributed by atoms with Gasteiger partial charge in [-0.05, 0) is 24.2 Å². The van der Waals surface area contributed by atoms with Crippen LogP contribution in [0, 0.1) is 17.3 Å². The molecule has 0 radical (unpaired) electrons. The molecule has 2 unspecified atom stereocenters. The van der Waals surface area contributed by atoms with Crippen molar-refractivity contribution in [1.82, 2.24) is 15.5 Å². The lowest BCUT2D eigenvalue weighted by molar-refractivity contribution is -0.127. The number of carbonyl (C=O) groups excluding carboxylic acids is 1. The zero-order chi connectivity index (χ0) is 19.0. The first-order valence-corrected chi connectivity index (χ1v) is 9.45. The molecule has 0 aromatic rings. The molecule has 1 heterocycles. The molecular weight excluding hydrogens is 443 g/mol. The number of nitrogens with zero attached hydrogens (tertiary/aromatic N) is 2. The van der Waals surface area contributed by atoms with E-state index in [1.807, 2.05) is 0 Å². The van der Waals surface area contributed by atoms with E-state index in [1.165, 1.54) is 0 Å². The number of ether oxygens (including phenoxy) is 1. The van der Waals surface area contributed by atoms with Crippen molar-refractivity contribution in [2.75, 3.05) is 40.3 Å². The molecule has 6 nitrogen and oxygen atoms in total. The van der Waals surface area contributed by atoms with E-state index in [0.717, 1.165) is 32.5 Å². The van der Waals surface area contributed by atoms with Crippen LogP contribution < -0.4 is 10.6 Å². The van der Waals surface area contributed by atoms with E-state index >= 15 is 0 Å². The Balaban J connectivity index is 0.00000625. The third kappa shape index (κ3) is 9.39. The van der Waals surface area contributed by atoms with Crippen molar-refractivity contribution >= 4 is 35.8 Å². The molecule has 2 N–H and O–H groups in total. The zero-order valence-electron chi connectivity index (χ0n) is 17.6. The van der Waals surface area contributed by atoms with Gasteiger partial charge >= 0.3 is 0 Å². The SMILES string of the molecule is CC(C)CNC(=NCC(=O)N(C)C)NCC1CCCOC1C(C)(C)C.I. The highest BCUT2D eigenvalue weighted by atomic mass is 127. The maximum atomic E-state index is 11.8. The van der Waals surface area contributed by atoms with Gasteiger partial charge in [0.1, 0.15) is 6.54 Å². The standard InChI is InChI=1S/C19H38N4O2.HI/c1-14(2)11-20-18(22-13-16(24)23(6)7)21-12-15-9-8-10-25-17(15)19(3,4)5;/h14-15,17H,8-13H2,1-7H3,(H2,20,21,22);1H. The molecule has 1 saturated heterocycles. The largest absolute Gasteiger partial charge is 0.377 e. The zero-order valence-corrected chi connectivity index (χ0v) is 19.9. The molecule has 1 rings (SSSR count). The van der Waals surface area contributed by atoms with E-state index in [2.05, 4.69) is 50.2 Å². The van der Waals surface area contributed by atoms with Crippen molar-refractivity contribution in [2.24, 2.45) is 22.2 Å². The fourth-order valence-corrected chi connectivity index (χ4v) is 3.00. The van der Waals surface area contributed by atoms with Crippen molar-refractivity contribution in [3.8, 4) is 0 Å². The van der Waals surface area contributed by atoms with E-state index in [0.29, 0.717) is 17.8 Å². The summed E-state index contributed by atoms with van der Waals surface area (Å²) in [6, 6.07) is 0. The summed E-state index contributed by atoms with van der Waals surface area (Å²) in [4.78, 5) is 17.8. The Morgan fingerprint density at radius 3 is 2.46 bits per heavy atom. The second-order valence-electron chi connectivity index (χ2n) is 8.67. The highest BCUT2D eigenvalue weighted by molar-refractivity contribution is 14.0. The average molecular weight is 482 g/mol. The minimum atomic E-state index is -0.000727. The molecule has 154 valence electrons.